The average molecular weight is 671 g/mol. The number of hydrogen-bond donors (Lipinski definition) is 4. The van der Waals surface area contributed by atoms with Gasteiger partial charge in [-0.25, -0.2) is 28.3 Å². The second-order valence-corrected chi connectivity index (χ2v) is 10.4. The Morgan fingerprint density at radius 2 is 1.62 bits per heavy atom. The van der Waals surface area contributed by atoms with Gasteiger partial charge in [-0.05, 0) is 30.5 Å². The molecule has 11 nitrogen and oxygen atoms in total. The van der Waals surface area contributed by atoms with Gasteiger partial charge in [-0.1, -0.05) is 18.3 Å². The van der Waals surface area contributed by atoms with Crippen LogP contribution in [0.2, 0.25) is 0 Å². The first-order valence-electron chi connectivity index (χ1n) is 12.5. The zero-order valence-corrected chi connectivity index (χ0v) is 24.0. The highest BCUT2D eigenvalue weighted by atomic mass is 32.1. The van der Waals surface area contributed by atoms with Crippen molar-refractivity contribution >= 4 is 61.3 Å². The second-order valence-electron chi connectivity index (χ2n) is 9.42. The molecular formula is C25H22F8N6O5S. The molecule has 0 radical (unpaired) electrons. The third-order valence-corrected chi connectivity index (χ3v) is 6.88. The van der Waals surface area contributed by atoms with Crippen molar-refractivity contribution in [1.29, 1.82) is 0 Å². The third kappa shape index (κ3) is 8.11. The fourth-order valence-corrected chi connectivity index (χ4v) is 4.71. The summed E-state index contributed by atoms with van der Waals surface area (Å²) >= 11 is 1.21. The van der Waals surface area contributed by atoms with Crippen molar-refractivity contribution in [3.63, 3.8) is 0 Å². The molecular weight excluding hydrogens is 648 g/mol. The molecule has 2 atom stereocenters. The molecule has 4 aromatic rings. The summed E-state index contributed by atoms with van der Waals surface area (Å²) in [4.78, 5) is 41.2. The summed E-state index contributed by atoms with van der Waals surface area (Å²) in [6, 6.07) is 3.59. The second kappa shape index (κ2) is 13.2. The van der Waals surface area contributed by atoms with Gasteiger partial charge in [-0.2, -0.15) is 31.4 Å². The smallest absolute Gasteiger partial charge is 0.475 e. The van der Waals surface area contributed by atoms with Crippen LogP contribution in [-0.2, 0) is 20.8 Å². The Morgan fingerprint density at radius 3 is 2.09 bits per heavy atom. The summed E-state index contributed by atoms with van der Waals surface area (Å²) in [5.41, 5.74) is 3.54. The number of nitrogens with zero attached hydrogens (tertiary/aromatic N) is 4. The minimum Gasteiger partial charge on any atom is -0.475 e. The standard InChI is InChI=1S/C21H20F2N6OS.2C2HF3O2/c1-4-9-15(11-8-24-28-17(11)18(16(9)23)29(2)3)13-5-6-14-20(25-13)31-21(26-14)27-19(30)10-7-12(10)22;2*3-2(4,5)1(6)7/h5-6,8,10,12H,4,7H2,1-3H3,(H,24,28)(H,26,27,30);2*(H,6,7)/t10-,12+;;/m1../s1. The number of alkyl halides is 7. The van der Waals surface area contributed by atoms with Crippen LogP contribution in [0.15, 0.2) is 18.3 Å². The van der Waals surface area contributed by atoms with Gasteiger partial charge in [0.2, 0.25) is 5.91 Å². The third-order valence-electron chi connectivity index (χ3n) is 6.00. The number of rotatable bonds is 5. The van der Waals surface area contributed by atoms with E-state index in [-0.39, 0.29) is 18.1 Å². The number of aliphatic carboxylic acids is 2. The topological polar surface area (TPSA) is 161 Å². The normalized spacial score (nSPS) is 15.9. The molecule has 244 valence electrons. The molecule has 1 aromatic carbocycles. The number of thiazole rings is 1. The highest BCUT2D eigenvalue weighted by Gasteiger charge is 2.44. The molecule has 0 unspecified atom stereocenters. The van der Waals surface area contributed by atoms with Crippen LogP contribution in [0.4, 0.5) is 45.9 Å². The van der Waals surface area contributed by atoms with Gasteiger partial charge in [0.1, 0.15) is 16.5 Å². The number of amides is 1. The van der Waals surface area contributed by atoms with Gasteiger partial charge in [-0.3, -0.25) is 9.89 Å². The Morgan fingerprint density at radius 1 is 1.07 bits per heavy atom. The maximum Gasteiger partial charge on any atom is 0.490 e. The van der Waals surface area contributed by atoms with Crippen LogP contribution >= 0.6 is 11.3 Å². The SMILES string of the molecule is CCc1c(F)c(N(C)C)c2[nH]ncc2c1-c1ccc2nc(NC(=O)[C@@H]3C[C@@H]3F)sc2n1.O=C(O)C(F)(F)F.O=C(O)C(F)(F)F. The first-order chi connectivity index (χ1) is 20.8. The van der Waals surface area contributed by atoms with Gasteiger partial charge in [0.05, 0.1) is 29.0 Å². The summed E-state index contributed by atoms with van der Waals surface area (Å²) in [5.74, 6) is -6.76. The maximum absolute atomic E-state index is 15.4. The lowest BCUT2D eigenvalue weighted by Crippen LogP contribution is -2.21. The summed E-state index contributed by atoms with van der Waals surface area (Å²) in [5, 5.41) is 25.1. The number of anilines is 2. The molecule has 1 fully saturated rings. The lowest BCUT2D eigenvalue weighted by atomic mass is 9.96. The number of hydrogen-bond acceptors (Lipinski definition) is 8. The predicted octanol–water partition coefficient (Wildman–Crippen LogP) is 5.57. The maximum atomic E-state index is 15.4. The number of carboxylic acid groups (broad SMARTS) is 2. The molecule has 0 saturated heterocycles. The van der Waals surface area contributed by atoms with E-state index in [1.165, 1.54) is 11.3 Å². The van der Waals surface area contributed by atoms with E-state index in [2.05, 4.69) is 20.5 Å². The van der Waals surface area contributed by atoms with Gasteiger partial charge >= 0.3 is 24.3 Å². The largest absolute Gasteiger partial charge is 0.490 e. The van der Waals surface area contributed by atoms with Crippen molar-refractivity contribution in [3.05, 3.63) is 29.7 Å². The van der Waals surface area contributed by atoms with Crippen LogP contribution in [0.25, 0.3) is 32.5 Å². The predicted molar refractivity (Wildman–Crippen MR) is 145 cm³/mol. The Kier molecular flexibility index (Phi) is 10.2. The summed E-state index contributed by atoms with van der Waals surface area (Å²) in [7, 11) is 3.59. The van der Waals surface area contributed by atoms with Crippen LogP contribution < -0.4 is 10.2 Å². The number of aromatic amines is 1. The van der Waals surface area contributed by atoms with E-state index >= 15 is 4.39 Å². The van der Waals surface area contributed by atoms with E-state index < -0.39 is 36.4 Å². The van der Waals surface area contributed by atoms with Crippen molar-refractivity contribution in [2.45, 2.75) is 38.3 Å². The molecule has 1 amide bonds. The Bertz CT molecular complexity index is 1710. The molecule has 45 heavy (non-hydrogen) atoms. The van der Waals surface area contributed by atoms with Gasteiger partial charge < -0.3 is 20.4 Å². The van der Waals surface area contributed by atoms with Crippen molar-refractivity contribution in [1.82, 2.24) is 20.2 Å². The summed E-state index contributed by atoms with van der Waals surface area (Å²) < 4.78 is 92.0. The Labute approximate surface area is 250 Å². The molecule has 3 heterocycles. The molecule has 20 heteroatoms. The van der Waals surface area contributed by atoms with Gasteiger partial charge in [0, 0.05) is 25.0 Å². The molecule has 4 N–H and O–H groups in total. The fraction of sp³-hybridized carbons (Fsp3) is 0.360. The van der Waals surface area contributed by atoms with Gasteiger partial charge in [0.15, 0.2) is 10.9 Å². The van der Waals surface area contributed by atoms with Crippen molar-refractivity contribution in [2.24, 2.45) is 5.92 Å². The van der Waals surface area contributed by atoms with E-state index in [0.29, 0.717) is 49.9 Å². The number of fused-ring (bicyclic) bond motifs is 2. The fourth-order valence-electron chi connectivity index (χ4n) is 3.87. The quantitative estimate of drug-likeness (QED) is 0.199. The van der Waals surface area contributed by atoms with E-state index in [9.17, 15) is 35.5 Å². The minimum atomic E-state index is -5.08. The number of carboxylic acids is 2. The minimum absolute atomic E-state index is 0.258. The lowest BCUT2D eigenvalue weighted by molar-refractivity contribution is -0.193. The molecule has 3 aromatic heterocycles. The zero-order valence-electron chi connectivity index (χ0n) is 23.1. The van der Waals surface area contributed by atoms with Crippen molar-refractivity contribution < 1.29 is 59.7 Å². The highest BCUT2D eigenvalue weighted by Crippen LogP contribution is 2.40. The molecule has 1 saturated carbocycles. The molecule has 0 aliphatic heterocycles. The van der Waals surface area contributed by atoms with Crippen LogP contribution in [0.3, 0.4) is 0 Å². The van der Waals surface area contributed by atoms with E-state index in [4.69, 9.17) is 24.8 Å². The molecule has 0 spiro atoms. The zero-order chi connectivity index (χ0) is 34.0. The number of carbonyl (C=O) groups excluding carboxylic acids is 1. The Hall–Kier alpha value is -4.62. The molecule has 5 rings (SSSR count). The molecule has 1 aliphatic carbocycles. The van der Waals surface area contributed by atoms with Crippen LogP contribution in [0, 0.1) is 11.7 Å². The first-order valence-corrected chi connectivity index (χ1v) is 13.3. The molecule has 0 bridgehead atoms. The van der Waals surface area contributed by atoms with E-state index in [1.807, 2.05) is 6.92 Å². The number of benzene rings is 1. The van der Waals surface area contributed by atoms with Gasteiger partial charge in [0.25, 0.3) is 0 Å². The van der Waals surface area contributed by atoms with Crippen molar-refractivity contribution in [2.75, 3.05) is 24.3 Å². The highest BCUT2D eigenvalue weighted by molar-refractivity contribution is 7.22. The number of H-pyrrole nitrogens is 1. The van der Waals surface area contributed by atoms with E-state index in [0.717, 1.165) is 5.39 Å². The van der Waals surface area contributed by atoms with Crippen LogP contribution in [0.5, 0.6) is 0 Å². The summed E-state index contributed by atoms with van der Waals surface area (Å²) in [6.45, 7) is 1.90. The Balaban J connectivity index is 0.000000331. The molecule has 1 aliphatic rings. The number of carbonyl (C=O) groups is 3. The van der Waals surface area contributed by atoms with Crippen LogP contribution in [-0.4, -0.2) is 80.8 Å². The lowest BCUT2D eigenvalue weighted by Gasteiger charge is -2.19. The number of pyridine rings is 1. The monoisotopic (exact) mass is 670 g/mol. The van der Waals surface area contributed by atoms with Crippen molar-refractivity contribution in [3.8, 4) is 11.3 Å². The van der Waals surface area contributed by atoms with Crippen LogP contribution in [0.1, 0.15) is 18.9 Å². The number of nitrogens with one attached hydrogen (secondary N) is 2. The van der Waals surface area contributed by atoms with E-state index in [1.54, 1.807) is 37.3 Å². The van der Waals surface area contributed by atoms with Gasteiger partial charge in [-0.15, -0.1) is 0 Å². The first kappa shape index (κ1) is 34.9. The number of halogens is 8. The number of aromatic nitrogens is 4. The average Bonchev–Trinajstić information content (AvgIpc) is 3.28. The summed E-state index contributed by atoms with van der Waals surface area (Å²) in [6.07, 6.45) is -8.81.